The second kappa shape index (κ2) is 16.0. The van der Waals surface area contributed by atoms with E-state index in [9.17, 15) is 0 Å². The van der Waals surface area contributed by atoms with Crippen LogP contribution < -0.4 is 0 Å². The molecular weight excluding hydrogens is 738 g/mol. The van der Waals surface area contributed by atoms with Crippen molar-refractivity contribution in [1.29, 1.82) is 0 Å². The third-order valence-electron chi connectivity index (χ3n) is 0. The molecule has 0 amide bonds. The van der Waals surface area contributed by atoms with Crippen molar-refractivity contribution in [3.05, 3.63) is 0 Å². The van der Waals surface area contributed by atoms with Crippen molar-refractivity contribution in [2.75, 3.05) is 0 Å². The maximum absolute atomic E-state index is 0. The van der Waals surface area contributed by atoms with Gasteiger partial charge in [0.05, 0.1) is 0 Å². The molecule has 10 valence electrons. The minimum Gasteiger partial charge on any atom is 0 e. The molecule has 0 aliphatic heterocycles. The molecule has 10 radical (unpaired) electrons. The Balaban J connectivity index is 0. The SMILES string of the molecule is [Bi+3].[In+3].[Pb].[Pb]. The fourth-order valence-electron chi connectivity index (χ4n) is 0. The molecule has 0 nitrogen and oxygen atoms in total. The normalized spacial score (nSPS) is 0. The summed E-state index contributed by atoms with van der Waals surface area (Å²) in [7, 11) is 0. The Morgan fingerprint density at radius 2 is 0.750 bits per heavy atom. The van der Waals surface area contributed by atoms with Gasteiger partial charge in [-0.15, -0.1) is 0 Å². The fourth-order valence-corrected chi connectivity index (χ4v) is 0. The van der Waals surface area contributed by atoms with E-state index >= 15 is 0 Å². The first-order chi connectivity index (χ1) is 0. The zero-order chi connectivity index (χ0) is 0. The van der Waals surface area contributed by atoms with Crippen LogP contribution in [-0.2, 0) is 0 Å². The second-order valence-corrected chi connectivity index (χ2v) is 0. The molecule has 0 atom stereocenters. The van der Waals surface area contributed by atoms with Crippen molar-refractivity contribution in [1.82, 2.24) is 0 Å². The zero-order valence-corrected chi connectivity index (χ0v) is 16.6. The van der Waals surface area contributed by atoms with E-state index in [1.54, 1.807) is 0 Å². The van der Waals surface area contributed by atoms with Crippen LogP contribution in [0.5, 0.6) is 0 Å². The van der Waals surface area contributed by atoms with Crippen LogP contribution in [0, 0.1) is 0 Å². The first-order valence-corrected chi connectivity index (χ1v) is 0. The van der Waals surface area contributed by atoms with Gasteiger partial charge in [0.1, 0.15) is 0 Å². The average Bonchev–Trinajstić information content (AvgIpc) is 0. The fraction of sp³-hybridized carbons (Fsp3) is 0. The van der Waals surface area contributed by atoms with Gasteiger partial charge in [-0.05, 0) is 0 Å². The van der Waals surface area contributed by atoms with Crippen LogP contribution in [0.25, 0.3) is 0 Å². The monoisotopic (exact) mass is 740 g/mol. The molecule has 4 heteroatoms. The minimum atomic E-state index is 0. The Morgan fingerprint density at radius 1 is 0.750 bits per heavy atom. The van der Waals surface area contributed by atoms with Gasteiger partial charge in [-0.1, -0.05) is 0 Å². The molecule has 4 heavy (non-hydrogen) atoms. The molecule has 0 aliphatic rings. The maximum Gasteiger partial charge on any atom is 3.00 e. The third kappa shape index (κ3) is 9.14. The van der Waals surface area contributed by atoms with Gasteiger partial charge < -0.3 is 0 Å². The van der Waals surface area contributed by atoms with Crippen LogP contribution in [-0.4, -0.2) is 107 Å². The van der Waals surface area contributed by atoms with Gasteiger partial charge in [0.15, 0.2) is 0 Å². The van der Waals surface area contributed by atoms with Gasteiger partial charge in [-0.3, -0.25) is 0 Å². The number of rotatable bonds is 0. The maximum atomic E-state index is 0. The van der Waals surface area contributed by atoms with Gasteiger partial charge in [-0.25, -0.2) is 0 Å². The Labute approximate surface area is 104 Å². The van der Waals surface area contributed by atoms with Crippen molar-refractivity contribution in [3.8, 4) is 0 Å². The molecule has 0 aromatic heterocycles. The van der Waals surface area contributed by atoms with Crippen molar-refractivity contribution >= 4 is 107 Å². The summed E-state index contributed by atoms with van der Waals surface area (Å²) in [6.45, 7) is 0. The van der Waals surface area contributed by atoms with Crippen molar-refractivity contribution < 1.29 is 0 Å². The molecule has 0 saturated carbocycles. The molecule has 0 aromatic rings. The summed E-state index contributed by atoms with van der Waals surface area (Å²) in [5, 5.41) is 0. The Hall–Kier alpha value is 3.60. The van der Waals surface area contributed by atoms with Crippen LogP contribution in [0.3, 0.4) is 0 Å². The summed E-state index contributed by atoms with van der Waals surface area (Å²) in [6.07, 6.45) is 0. The first kappa shape index (κ1) is 25.6. The molecule has 0 N–H and O–H groups in total. The minimum absolute atomic E-state index is 0. The van der Waals surface area contributed by atoms with Crippen LogP contribution in [0.4, 0.5) is 0 Å². The van der Waals surface area contributed by atoms with Gasteiger partial charge >= 0.3 is 52.0 Å². The van der Waals surface area contributed by atoms with Crippen LogP contribution >= 0.6 is 0 Å². The standard InChI is InChI=1S/Bi.In.2Pb/q2*+3;;. The predicted molar refractivity (Wildman–Crippen MR) is 23.0 cm³/mol. The summed E-state index contributed by atoms with van der Waals surface area (Å²) >= 11 is 0. The molecule has 0 saturated heterocycles. The van der Waals surface area contributed by atoms with E-state index < -0.39 is 0 Å². The molecular formula is BiInPb2+6. The second-order valence-electron chi connectivity index (χ2n) is 0. The topological polar surface area (TPSA) is 0 Å². The Bertz CT molecular complexity index is 6.00. The van der Waals surface area contributed by atoms with Crippen LogP contribution in [0.2, 0.25) is 0 Å². The van der Waals surface area contributed by atoms with E-state index in [1.165, 1.54) is 0 Å². The van der Waals surface area contributed by atoms with E-state index in [1.807, 2.05) is 0 Å². The molecule has 0 heterocycles. The Morgan fingerprint density at radius 3 is 0.750 bits per heavy atom. The average molecular weight is 738 g/mol. The first-order valence-electron chi connectivity index (χ1n) is 0. The third-order valence-corrected chi connectivity index (χ3v) is 0. The quantitative estimate of drug-likeness (QED) is 0.266. The number of hydrogen-bond donors (Lipinski definition) is 0. The number of hydrogen-bond acceptors (Lipinski definition) is 0. The van der Waals surface area contributed by atoms with Gasteiger partial charge in [0.2, 0.25) is 0 Å². The van der Waals surface area contributed by atoms with E-state index in [0.717, 1.165) is 0 Å². The van der Waals surface area contributed by atoms with E-state index in [2.05, 4.69) is 0 Å². The molecule has 0 aromatic carbocycles. The molecule has 0 unspecified atom stereocenters. The predicted octanol–water partition coefficient (Wildman–Crippen LogP) is -1.52. The van der Waals surface area contributed by atoms with Crippen LogP contribution in [0.1, 0.15) is 0 Å². The van der Waals surface area contributed by atoms with E-state index in [-0.39, 0.29) is 107 Å². The molecule has 0 spiro atoms. The van der Waals surface area contributed by atoms with Crippen molar-refractivity contribution in [2.24, 2.45) is 0 Å². The molecule has 0 rings (SSSR count). The van der Waals surface area contributed by atoms with Crippen molar-refractivity contribution in [2.45, 2.75) is 0 Å². The Kier molecular flexibility index (Phi) is 102. The van der Waals surface area contributed by atoms with Gasteiger partial charge in [-0.2, -0.15) is 0 Å². The largest absolute Gasteiger partial charge is 3.00 e. The summed E-state index contributed by atoms with van der Waals surface area (Å²) in [5.41, 5.74) is 0. The zero-order valence-electron chi connectivity index (χ0n) is 2.02. The van der Waals surface area contributed by atoms with E-state index in [4.69, 9.17) is 0 Å². The molecule has 0 fully saturated rings. The van der Waals surface area contributed by atoms with E-state index in [0.29, 0.717) is 0 Å². The smallest absolute Gasteiger partial charge is 0 e. The van der Waals surface area contributed by atoms with Gasteiger partial charge in [0, 0.05) is 54.6 Å². The summed E-state index contributed by atoms with van der Waals surface area (Å²) < 4.78 is 0. The molecule has 0 aliphatic carbocycles. The summed E-state index contributed by atoms with van der Waals surface area (Å²) in [6, 6.07) is 0. The summed E-state index contributed by atoms with van der Waals surface area (Å²) in [5.74, 6) is 0. The van der Waals surface area contributed by atoms with Crippen molar-refractivity contribution in [3.63, 3.8) is 0 Å². The molecule has 0 bridgehead atoms. The van der Waals surface area contributed by atoms with Crippen LogP contribution in [0.15, 0.2) is 0 Å². The van der Waals surface area contributed by atoms with Gasteiger partial charge in [0.25, 0.3) is 0 Å². The summed E-state index contributed by atoms with van der Waals surface area (Å²) in [4.78, 5) is 0.